The van der Waals surface area contributed by atoms with E-state index in [1.54, 1.807) is 25.2 Å². The largest absolute Gasteiger partial charge is 0.435 e. The van der Waals surface area contributed by atoms with Crippen LogP contribution in [0, 0.1) is 0 Å². The summed E-state index contributed by atoms with van der Waals surface area (Å²) in [5.74, 6) is 0.0140. The van der Waals surface area contributed by atoms with Crippen molar-refractivity contribution in [2.24, 2.45) is 0 Å². The molecule has 4 nitrogen and oxygen atoms in total. The molecule has 1 rings (SSSR count). The lowest BCUT2D eigenvalue weighted by Crippen LogP contribution is -2.33. The van der Waals surface area contributed by atoms with E-state index in [0.29, 0.717) is 18.5 Å². The van der Waals surface area contributed by atoms with Crippen LogP contribution in [0.4, 0.5) is 8.78 Å². The van der Waals surface area contributed by atoms with Gasteiger partial charge in [-0.1, -0.05) is 18.2 Å². The normalized spacial score (nSPS) is 10.4. The van der Waals surface area contributed by atoms with Crippen molar-refractivity contribution in [1.29, 1.82) is 0 Å². The van der Waals surface area contributed by atoms with Crippen LogP contribution in [0.25, 0.3) is 0 Å². The molecule has 1 aromatic rings. The summed E-state index contributed by atoms with van der Waals surface area (Å²) in [4.78, 5) is 11.2. The molecule has 0 aliphatic heterocycles. The molecule has 0 radical (unpaired) electrons. The van der Waals surface area contributed by atoms with Gasteiger partial charge in [0.15, 0.2) is 0 Å². The van der Waals surface area contributed by atoms with Crippen LogP contribution in [0.15, 0.2) is 24.3 Å². The van der Waals surface area contributed by atoms with Crippen molar-refractivity contribution in [3.8, 4) is 5.75 Å². The summed E-state index contributed by atoms with van der Waals surface area (Å²) in [6.45, 7) is -2.23. The molecule has 0 aromatic heterocycles. The molecule has 1 aromatic carbocycles. The van der Waals surface area contributed by atoms with Crippen molar-refractivity contribution in [3.05, 3.63) is 29.8 Å². The highest BCUT2D eigenvalue weighted by molar-refractivity contribution is 5.77. The molecule has 0 atom stereocenters. The van der Waals surface area contributed by atoms with Gasteiger partial charge in [-0.2, -0.15) is 8.78 Å². The van der Waals surface area contributed by atoms with Gasteiger partial charge in [0.25, 0.3) is 0 Å². The zero-order valence-corrected chi connectivity index (χ0v) is 10.1. The van der Waals surface area contributed by atoms with Gasteiger partial charge >= 0.3 is 6.61 Å². The Bertz CT molecular complexity index is 386. The van der Waals surface area contributed by atoms with Gasteiger partial charge in [0, 0.05) is 6.54 Å². The molecule has 0 fully saturated rings. The van der Waals surface area contributed by atoms with E-state index in [4.69, 9.17) is 0 Å². The zero-order valence-electron chi connectivity index (χ0n) is 10.1. The Kier molecular flexibility index (Phi) is 6.07. The number of hydrogen-bond acceptors (Lipinski definition) is 3. The first-order valence-electron chi connectivity index (χ1n) is 5.57. The SMILES string of the molecule is CNCC(=O)NCCc1ccccc1OC(F)F. The minimum atomic E-state index is -2.84. The lowest BCUT2D eigenvalue weighted by Gasteiger charge is -2.10. The highest BCUT2D eigenvalue weighted by atomic mass is 19.3. The Morgan fingerprint density at radius 1 is 1.39 bits per heavy atom. The maximum atomic E-state index is 12.2. The Morgan fingerprint density at radius 2 is 2.11 bits per heavy atom. The predicted octanol–water partition coefficient (Wildman–Crippen LogP) is 1.17. The standard InChI is InChI=1S/C12H16F2N2O2/c1-15-8-11(17)16-7-6-9-4-2-3-5-10(9)18-12(13)14/h2-5,12,15H,6-8H2,1H3,(H,16,17). The van der Waals surface area contributed by atoms with Gasteiger partial charge in [-0.25, -0.2) is 0 Å². The molecule has 6 heteroatoms. The van der Waals surface area contributed by atoms with Gasteiger partial charge in [0.1, 0.15) is 5.75 Å². The number of amides is 1. The van der Waals surface area contributed by atoms with E-state index in [2.05, 4.69) is 15.4 Å². The Morgan fingerprint density at radius 3 is 2.78 bits per heavy atom. The van der Waals surface area contributed by atoms with Crippen molar-refractivity contribution < 1.29 is 18.3 Å². The first-order chi connectivity index (χ1) is 8.63. The van der Waals surface area contributed by atoms with Crippen molar-refractivity contribution in [2.75, 3.05) is 20.1 Å². The molecule has 0 heterocycles. The number of nitrogens with one attached hydrogen (secondary N) is 2. The van der Waals surface area contributed by atoms with Gasteiger partial charge < -0.3 is 15.4 Å². The van der Waals surface area contributed by atoms with Crippen LogP contribution in [-0.2, 0) is 11.2 Å². The number of carbonyl (C=O) groups is 1. The third-order valence-electron chi connectivity index (χ3n) is 2.24. The van der Waals surface area contributed by atoms with Crippen molar-refractivity contribution in [3.63, 3.8) is 0 Å². The van der Waals surface area contributed by atoms with Crippen LogP contribution >= 0.6 is 0 Å². The molecule has 1 amide bonds. The summed E-state index contributed by atoms with van der Waals surface area (Å²) >= 11 is 0. The van der Waals surface area contributed by atoms with Crippen LogP contribution in [0.2, 0.25) is 0 Å². The second kappa shape index (κ2) is 7.60. The predicted molar refractivity (Wildman–Crippen MR) is 63.7 cm³/mol. The van der Waals surface area contributed by atoms with Gasteiger partial charge in [-0.15, -0.1) is 0 Å². The molecular weight excluding hydrogens is 242 g/mol. The number of hydrogen-bond donors (Lipinski definition) is 2. The highest BCUT2D eigenvalue weighted by Crippen LogP contribution is 2.20. The maximum Gasteiger partial charge on any atom is 0.387 e. The number of ether oxygens (including phenoxy) is 1. The molecule has 0 aliphatic rings. The van der Waals surface area contributed by atoms with E-state index in [1.165, 1.54) is 6.07 Å². The average Bonchev–Trinajstić information content (AvgIpc) is 2.31. The van der Waals surface area contributed by atoms with E-state index in [-0.39, 0.29) is 18.2 Å². The Labute approximate surface area is 104 Å². The minimum Gasteiger partial charge on any atom is -0.435 e. The third-order valence-corrected chi connectivity index (χ3v) is 2.24. The summed E-state index contributed by atoms with van der Waals surface area (Å²) in [5.41, 5.74) is 0.641. The minimum absolute atomic E-state index is 0.134. The van der Waals surface area contributed by atoms with Crippen LogP contribution in [0.5, 0.6) is 5.75 Å². The Balaban J connectivity index is 2.48. The van der Waals surface area contributed by atoms with Gasteiger partial charge in [-0.05, 0) is 25.1 Å². The van der Waals surface area contributed by atoms with Gasteiger partial charge in [-0.3, -0.25) is 4.79 Å². The second-order valence-corrected chi connectivity index (χ2v) is 3.62. The molecule has 0 saturated heterocycles. The smallest absolute Gasteiger partial charge is 0.387 e. The number of para-hydroxylation sites is 1. The summed E-state index contributed by atoms with van der Waals surface area (Å²) in [5, 5.41) is 5.39. The first kappa shape index (κ1) is 14.4. The van der Waals surface area contributed by atoms with Crippen LogP contribution in [-0.4, -0.2) is 32.7 Å². The van der Waals surface area contributed by atoms with Crippen LogP contribution in [0.1, 0.15) is 5.56 Å². The second-order valence-electron chi connectivity index (χ2n) is 3.62. The highest BCUT2D eigenvalue weighted by Gasteiger charge is 2.09. The first-order valence-corrected chi connectivity index (χ1v) is 5.57. The topological polar surface area (TPSA) is 50.4 Å². The summed E-state index contributed by atoms with van der Waals surface area (Å²) in [6, 6.07) is 6.54. The summed E-state index contributed by atoms with van der Waals surface area (Å²) < 4.78 is 28.7. The third kappa shape index (κ3) is 5.09. The lowest BCUT2D eigenvalue weighted by atomic mass is 10.1. The van der Waals surface area contributed by atoms with Gasteiger partial charge in [0.05, 0.1) is 6.54 Å². The maximum absolute atomic E-state index is 12.2. The fourth-order valence-electron chi connectivity index (χ4n) is 1.48. The van der Waals surface area contributed by atoms with E-state index in [9.17, 15) is 13.6 Å². The van der Waals surface area contributed by atoms with E-state index in [0.717, 1.165) is 0 Å². The molecule has 0 spiro atoms. The molecule has 2 N–H and O–H groups in total. The lowest BCUT2D eigenvalue weighted by molar-refractivity contribution is -0.120. The quantitative estimate of drug-likeness (QED) is 0.771. The van der Waals surface area contributed by atoms with Crippen molar-refractivity contribution >= 4 is 5.91 Å². The molecule has 0 saturated carbocycles. The van der Waals surface area contributed by atoms with Crippen LogP contribution < -0.4 is 15.4 Å². The van der Waals surface area contributed by atoms with Crippen molar-refractivity contribution in [1.82, 2.24) is 10.6 Å². The summed E-state index contributed by atoms with van der Waals surface area (Å²) in [6.07, 6.45) is 0.443. The fourth-order valence-corrected chi connectivity index (χ4v) is 1.48. The van der Waals surface area contributed by atoms with E-state index >= 15 is 0 Å². The Hall–Kier alpha value is -1.69. The fraction of sp³-hybridized carbons (Fsp3) is 0.417. The number of likely N-dealkylation sites (N-methyl/N-ethyl adjacent to an activating group) is 1. The van der Waals surface area contributed by atoms with E-state index in [1.807, 2.05) is 0 Å². The number of carbonyl (C=O) groups excluding carboxylic acids is 1. The number of alkyl halides is 2. The van der Waals surface area contributed by atoms with Gasteiger partial charge in [0.2, 0.25) is 5.91 Å². The zero-order chi connectivity index (χ0) is 13.4. The average molecular weight is 258 g/mol. The number of halogens is 2. The van der Waals surface area contributed by atoms with Crippen molar-refractivity contribution in [2.45, 2.75) is 13.0 Å². The monoisotopic (exact) mass is 258 g/mol. The number of rotatable bonds is 7. The molecule has 0 bridgehead atoms. The molecule has 18 heavy (non-hydrogen) atoms. The summed E-state index contributed by atoms with van der Waals surface area (Å²) in [7, 11) is 1.67. The molecule has 0 aliphatic carbocycles. The number of benzene rings is 1. The molecular formula is C12H16F2N2O2. The molecule has 0 unspecified atom stereocenters. The van der Waals surface area contributed by atoms with E-state index < -0.39 is 6.61 Å². The van der Waals surface area contributed by atoms with Crippen LogP contribution in [0.3, 0.4) is 0 Å². The molecule has 100 valence electrons.